The molecule has 0 aromatic heterocycles. The molecule has 4 rings (SSSR count). The number of carbonyl (C=O) groups is 3. The van der Waals surface area contributed by atoms with Gasteiger partial charge in [-0.15, -0.1) is 11.8 Å². The van der Waals surface area contributed by atoms with Gasteiger partial charge in [-0.05, 0) is 26.2 Å². The van der Waals surface area contributed by atoms with Crippen LogP contribution < -0.4 is 0 Å². The van der Waals surface area contributed by atoms with Crippen LogP contribution >= 0.6 is 11.8 Å². The molecular formula is C24H35N3O4S. The topological polar surface area (TPSA) is 81.2 Å². The smallest absolute Gasteiger partial charge is 0.247 e. The van der Waals surface area contributed by atoms with Gasteiger partial charge in [-0.1, -0.05) is 37.6 Å². The molecule has 8 heteroatoms. The highest BCUT2D eigenvalue weighted by atomic mass is 32.2. The van der Waals surface area contributed by atoms with Crippen LogP contribution in [0.3, 0.4) is 0 Å². The van der Waals surface area contributed by atoms with Crippen molar-refractivity contribution in [1.29, 1.82) is 0 Å². The maximum Gasteiger partial charge on any atom is 0.247 e. The lowest BCUT2D eigenvalue weighted by Crippen LogP contribution is -2.53. The molecule has 0 bridgehead atoms. The SMILES string of the molecule is CCCCN1CC=C[C@]23S[C@@]4(C)C=CCN(C)C(=O)[C@H]4[C@H]2C(=O)N(CCCCO)C3C1=O. The highest BCUT2D eigenvalue weighted by molar-refractivity contribution is 8.02. The average Bonchev–Trinajstić information content (AvgIpc) is 3.03. The van der Waals surface area contributed by atoms with E-state index in [9.17, 15) is 19.5 Å². The van der Waals surface area contributed by atoms with Crippen molar-refractivity contribution >= 4 is 29.5 Å². The van der Waals surface area contributed by atoms with Crippen LogP contribution in [0.1, 0.15) is 39.5 Å². The van der Waals surface area contributed by atoms with Crippen LogP contribution in [0.2, 0.25) is 0 Å². The van der Waals surface area contributed by atoms with Crippen molar-refractivity contribution in [2.24, 2.45) is 11.8 Å². The molecule has 5 atom stereocenters. The molecule has 2 saturated heterocycles. The van der Waals surface area contributed by atoms with Crippen molar-refractivity contribution in [3.05, 3.63) is 24.3 Å². The van der Waals surface area contributed by atoms with Gasteiger partial charge in [0.15, 0.2) is 0 Å². The number of nitrogens with zero attached hydrogens (tertiary/aromatic N) is 3. The first-order valence-corrected chi connectivity index (χ1v) is 12.6. The molecule has 32 heavy (non-hydrogen) atoms. The summed E-state index contributed by atoms with van der Waals surface area (Å²) in [5.41, 5.74) is 0. The van der Waals surface area contributed by atoms with Crippen LogP contribution in [0.5, 0.6) is 0 Å². The standard InChI is InChI=1S/C24H35N3O4S/c1-4-5-13-26-14-9-11-24-18(17-20(29)25(3)12-8-10-23(17,2)32-24)21(30)27(15-6-7-16-28)19(24)22(26)31/h8-11,17-19,28H,4-7,12-16H2,1-3H3/t17-,18+,19?,23+,24+/m1/s1. The molecule has 0 saturated carbocycles. The van der Waals surface area contributed by atoms with Gasteiger partial charge in [0.2, 0.25) is 17.7 Å². The van der Waals surface area contributed by atoms with E-state index < -0.39 is 27.4 Å². The Bertz CT molecular complexity index is 845. The lowest BCUT2D eigenvalue weighted by molar-refractivity contribution is -0.144. The zero-order valence-corrected chi connectivity index (χ0v) is 20.1. The third-order valence-electron chi connectivity index (χ3n) is 7.43. The van der Waals surface area contributed by atoms with E-state index in [1.54, 1.807) is 28.6 Å². The predicted octanol–water partition coefficient (Wildman–Crippen LogP) is 1.67. The molecule has 4 heterocycles. The van der Waals surface area contributed by atoms with E-state index in [2.05, 4.69) is 19.1 Å². The van der Waals surface area contributed by atoms with Crippen molar-refractivity contribution < 1.29 is 19.5 Å². The second kappa shape index (κ2) is 8.86. The van der Waals surface area contributed by atoms with Crippen LogP contribution in [-0.2, 0) is 14.4 Å². The summed E-state index contributed by atoms with van der Waals surface area (Å²) in [6.45, 7) is 6.36. The summed E-state index contributed by atoms with van der Waals surface area (Å²) in [6, 6.07) is -0.616. The van der Waals surface area contributed by atoms with Gasteiger partial charge in [-0.2, -0.15) is 0 Å². The average molecular weight is 462 g/mol. The van der Waals surface area contributed by atoms with Crippen molar-refractivity contribution in [3.8, 4) is 0 Å². The number of aliphatic hydroxyl groups is 1. The van der Waals surface area contributed by atoms with E-state index >= 15 is 0 Å². The van der Waals surface area contributed by atoms with Crippen molar-refractivity contribution in [2.75, 3.05) is 39.8 Å². The van der Waals surface area contributed by atoms with Crippen LogP contribution in [0, 0.1) is 11.8 Å². The van der Waals surface area contributed by atoms with E-state index in [0.29, 0.717) is 39.0 Å². The Morgan fingerprint density at radius 1 is 1.00 bits per heavy atom. The summed E-state index contributed by atoms with van der Waals surface area (Å²) in [4.78, 5) is 46.6. The lowest BCUT2D eigenvalue weighted by Gasteiger charge is -2.36. The minimum Gasteiger partial charge on any atom is -0.396 e. The molecule has 176 valence electrons. The Labute approximate surface area is 194 Å². The molecule has 0 radical (unpaired) electrons. The van der Waals surface area contributed by atoms with Gasteiger partial charge in [0.25, 0.3) is 0 Å². The fourth-order valence-electron chi connectivity index (χ4n) is 5.87. The number of likely N-dealkylation sites (tertiary alicyclic amines) is 1. The Morgan fingerprint density at radius 3 is 2.47 bits per heavy atom. The Morgan fingerprint density at radius 2 is 1.75 bits per heavy atom. The summed E-state index contributed by atoms with van der Waals surface area (Å²) in [5.74, 6) is -1.21. The summed E-state index contributed by atoms with van der Waals surface area (Å²) in [6.07, 6.45) is 11.3. The highest BCUT2D eigenvalue weighted by Crippen LogP contribution is 2.65. The monoisotopic (exact) mass is 461 g/mol. The third kappa shape index (κ3) is 3.50. The summed E-state index contributed by atoms with van der Waals surface area (Å²) in [7, 11) is 1.78. The fraction of sp³-hybridized carbons (Fsp3) is 0.708. The van der Waals surface area contributed by atoms with Crippen LogP contribution in [0.25, 0.3) is 0 Å². The number of unbranched alkanes of at least 4 members (excludes halogenated alkanes) is 2. The number of carbonyl (C=O) groups excluding carboxylic acids is 3. The summed E-state index contributed by atoms with van der Waals surface area (Å²) in [5, 5.41) is 9.27. The molecule has 0 aromatic rings. The number of likely N-dealkylation sites (N-methyl/N-ethyl adjacent to an activating group) is 1. The first kappa shape index (κ1) is 23.4. The molecule has 1 N–H and O–H groups in total. The number of aliphatic hydroxyl groups excluding tert-OH is 1. The predicted molar refractivity (Wildman–Crippen MR) is 125 cm³/mol. The van der Waals surface area contributed by atoms with Crippen LogP contribution in [-0.4, -0.2) is 92.9 Å². The highest BCUT2D eigenvalue weighted by Gasteiger charge is 2.73. The largest absolute Gasteiger partial charge is 0.396 e. The minimum atomic E-state index is -0.758. The molecule has 0 aromatic carbocycles. The zero-order chi connectivity index (χ0) is 23.1. The van der Waals surface area contributed by atoms with Gasteiger partial charge in [-0.3, -0.25) is 14.4 Å². The van der Waals surface area contributed by atoms with Gasteiger partial charge in [0.05, 0.1) is 16.6 Å². The van der Waals surface area contributed by atoms with Gasteiger partial charge >= 0.3 is 0 Å². The molecule has 2 fully saturated rings. The van der Waals surface area contributed by atoms with Crippen LogP contribution in [0.15, 0.2) is 24.3 Å². The Kier molecular flexibility index (Phi) is 6.47. The van der Waals surface area contributed by atoms with E-state index in [1.165, 1.54) is 0 Å². The maximum absolute atomic E-state index is 13.9. The number of fused-ring (bicyclic) bond motifs is 2. The van der Waals surface area contributed by atoms with E-state index in [0.717, 1.165) is 12.8 Å². The third-order valence-corrected chi connectivity index (χ3v) is 9.23. The van der Waals surface area contributed by atoms with E-state index in [-0.39, 0.29) is 24.3 Å². The first-order valence-electron chi connectivity index (χ1n) is 11.8. The quantitative estimate of drug-likeness (QED) is 0.461. The van der Waals surface area contributed by atoms with Crippen molar-refractivity contribution in [1.82, 2.24) is 14.7 Å². The fourth-order valence-corrected chi connectivity index (χ4v) is 8.03. The van der Waals surface area contributed by atoms with Crippen molar-refractivity contribution in [2.45, 2.75) is 55.1 Å². The van der Waals surface area contributed by atoms with Gasteiger partial charge in [0.1, 0.15) is 6.04 Å². The summed E-state index contributed by atoms with van der Waals surface area (Å²) < 4.78 is -1.30. The second-order valence-electron chi connectivity index (χ2n) is 9.62. The normalized spacial score (nSPS) is 36.3. The number of rotatable bonds is 7. The molecule has 1 unspecified atom stereocenters. The molecule has 0 aliphatic carbocycles. The Hall–Kier alpha value is -1.80. The zero-order valence-electron chi connectivity index (χ0n) is 19.3. The van der Waals surface area contributed by atoms with Gasteiger partial charge in [0, 0.05) is 44.6 Å². The number of hydrogen-bond acceptors (Lipinski definition) is 5. The number of amides is 3. The summed E-state index contributed by atoms with van der Waals surface area (Å²) >= 11 is 1.63. The minimum absolute atomic E-state index is 0.0133. The lowest BCUT2D eigenvalue weighted by atomic mass is 9.74. The van der Waals surface area contributed by atoms with Gasteiger partial charge in [-0.25, -0.2) is 0 Å². The first-order chi connectivity index (χ1) is 15.3. The number of hydrogen-bond donors (Lipinski definition) is 1. The van der Waals surface area contributed by atoms with Crippen LogP contribution in [0.4, 0.5) is 0 Å². The molecule has 3 amide bonds. The van der Waals surface area contributed by atoms with E-state index in [1.807, 2.05) is 24.0 Å². The van der Waals surface area contributed by atoms with E-state index in [4.69, 9.17) is 0 Å². The maximum atomic E-state index is 13.9. The molecule has 1 spiro atoms. The van der Waals surface area contributed by atoms with Gasteiger partial charge < -0.3 is 19.8 Å². The number of thioether (sulfide) groups is 1. The van der Waals surface area contributed by atoms with Crippen molar-refractivity contribution in [3.63, 3.8) is 0 Å². The Balaban J connectivity index is 1.80. The molecule has 7 nitrogen and oxygen atoms in total. The molecule has 4 aliphatic rings. The molecule has 4 aliphatic heterocycles. The second-order valence-corrected chi connectivity index (χ2v) is 11.4. The molecular weight excluding hydrogens is 426 g/mol.